The predicted molar refractivity (Wildman–Crippen MR) is 102 cm³/mol. The largest absolute Gasteiger partial charge is 0.331 e. The second-order valence-electron chi connectivity index (χ2n) is 5.96. The smallest absolute Gasteiger partial charge is 0.320 e. The molecule has 0 atom stereocenters. The van der Waals surface area contributed by atoms with Gasteiger partial charge in [-0.3, -0.25) is 5.10 Å². The summed E-state index contributed by atoms with van der Waals surface area (Å²) in [6.45, 7) is -0.374. The zero-order valence-electron chi connectivity index (χ0n) is 14.1. The SMILES string of the molecule is CN(C/C(F)=C1\CCCc2cn[nH]c21)C(=O)NS(=O)(=O)c1cc(Cl)c(Cl)s1. The van der Waals surface area contributed by atoms with Crippen LogP contribution in [0.4, 0.5) is 9.18 Å². The van der Waals surface area contributed by atoms with Crippen LogP contribution in [0.15, 0.2) is 22.3 Å². The number of aromatic amines is 1. The molecule has 2 aromatic rings. The van der Waals surface area contributed by atoms with Crippen LogP contribution in [0.25, 0.3) is 5.57 Å². The summed E-state index contributed by atoms with van der Waals surface area (Å²) in [6, 6.07) is 0.182. The molecule has 0 fully saturated rings. The number of nitrogens with one attached hydrogen (secondary N) is 2. The maximum absolute atomic E-state index is 14.7. The lowest BCUT2D eigenvalue weighted by atomic mass is 9.92. The fourth-order valence-electron chi connectivity index (χ4n) is 2.69. The van der Waals surface area contributed by atoms with Crippen LogP contribution < -0.4 is 4.72 Å². The molecule has 0 aromatic carbocycles. The van der Waals surface area contributed by atoms with Crippen molar-refractivity contribution in [2.75, 3.05) is 13.6 Å². The second kappa shape index (κ2) is 7.78. The minimum absolute atomic E-state index is 0.0753. The number of sulfonamides is 1. The third-order valence-electron chi connectivity index (χ3n) is 4.05. The van der Waals surface area contributed by atoms with Gasteiger partial charge in [0.2, 0.25) is 0 Å². The van der Waals surface area contributed by atoms with E-state index in [0.717, 1.165) is 40.7 Å². The first-order chi connectivity index (χ1) is 12.7. The Bertz CT molecular complexity index is 997. The molecule has 3 rings (SSSR count). The molecule has 2 aromatic heterocycles. The lowest BCUT2D eigenvalue weighted by Gasteiger charge is -2.20. The summed E-state index contributed by atoms with van der Waals surface area (Å²) >= 11 is 12.2. The van der Waals surface area contributed by atoms with Gasteiger partial charge in [-0.2, -0.15) is 5.10 Å². The average Bonchev–Trinajstić information content (AvgIpc) is 3.21. The fourth-order valence-corrected chi connectivity index (χ4v) is 5.57. The molecule has 7 nitrogen and oxygen atoms in total. The highest BCUT2D eigenvalue weighted by atomic mass is 35.5. The Labute approximate surface area is 169 Å². The summed E-state index contributed by atoms with van der Waals surface area (Å²) in [5.41, 5.74) is 2.00. The number of likely N-dealkylation sites (N-methyl/N-ethyl adjacent to an activating group) is 1. The Balaban J connectivity index is 1.72. The van der Waals surface area contributed by atoms with Crippen LogP contribution in [0.2, 0.25) is 9.36 Å². The number of allylic oxidation sites excluding steroid dienone is 1. The summed E-state index contributed by atoms with van der Waals surface area (Å²) in [5.74, 6) is -0.516. The fraction of sp³-hybridized carbons (Fsp3) is 0.333. The maximum atomic E-state index is 14.7. The van der Waals surface area contributed by atoms with Gasteiger partial charge in [0.1, 0.15) is 14.4 Å². The minimum Gasteiger partial charge on any atom is -0.320 e. The monoisotopic (exact) mass is 452 g/mol. The van der Waals surface area contributed by atoms with E-state index >= 15 is 0 Å². The van der Waals surface area contributed by atoms with Crippen molar-refractivity contribution in [3.05, 3.63) is 38.7 Å². The molecule has 1 aliphatic carbocycles. The van der Waals surface area contributed by atoms with Gasteiger partial charge < -0.3 is 4.90 Å². The summed E-state index contributed by atoms with van der Waals surface area (Å²) in [7, 11) is -2.85. The molecule has 0 saturated carbocycles. The normalized spacial score (nSPS) is 16.0. The second-order valence-corrected chi connectivity index (χ2v) is 9.93. The van der Waals surface area contributed by atoms with E-state index in [1.807, 2.05) is 4.72 Å². The van der Waals surface area contributed by atoms with Crippen LogP contribution in [0, 0.1) is 0 Å². The van der Waals surface area contributed by atoms with Crippen molar-refractivity contribution in [3.8, 4) is 0 Å². The molecule has 146 valence electrons. The number of hydrogen-bond donors (Lipinski definition) is 2. The van der Waals surface area contributed by atoms with Gasteiger partial charge in [-0.1, -0.05) is 23.2 Å². The molecule has 2 amide bonds. The number of aryl methyl sites for hydroxylation is 1. The van der Waals surface area contributed by atoms with Gasteiger partial charge in [0.15, 0.2) is 0 Å². The maximum Gasteiger partial charge on any atom is 0.331 e. The summed E-state index contributed by atoms with van der Waals surface area (Å²) in [5, 5.41) is 6.77. The molecule has 0 saturated heterocycles. The Morgan fingerprint density at radius 1 is 1.44 bits per heavy atom. The minimum atomic E-state index is -4.15. The number of carbonyl (C=O) groups excluding carboxylic acids is 1. The predicted octanol–water partition coefficient (Wildman–Crippen LogP) is 3.83. The van der Waals surface area contributed by atoms with Gasteiger partial charge in [0.25, 0.3) is 10.0 Å². The Hall–Kier alpha value is -1.62. The molecule has 0 bridgehead atoms. The number of urea groups is 1. The summed E-state index contributed by atoms with van der Waals surface area (Å²) < 4.78 is 41.0. The van der Waals surface area contributed by atoms with E-state index in [1.165, 1.54) is 7.05 Å². The lowest BCUT2D eigenvalue weighted by molar-refractivity contribution is 0.215. The zero-order valence-corrected chi connectivity index (χ0v) is 17.2. The molecular formula is C15H15Cl2FN4O3S2. The first kappa shape index (κ1) is 20.1. The van der Waals surface area contributed by atoms with Crippen molar-refractivity contribution in [1.82, 2.24) is 19.8 Å². The highest BCUT2D eigenvalue weighted by Gasteiger charge is 2.25. The number of carbonyl (C=O) groups is 1. The van der Waals surface area contributed by atoms with Gasteiger partial charge in [-0.25, -0.2) is 22.3 Å². The first-order valence-corrected chi connectivity index (χ1v) is 10.9. The van der Waals surface area contributed by atoms with Crippen molar-refractivity contribution in [2.24, 2.45) is 0 Å². The molecule has 0 radical (unpaired) electrons. The van der Waals surface area contributed by atoms with Crippen molar-refractivity contribution in [3.63, 3.8) is 0 Å². The van der Waals surface area contributed by atoms with Gasteiger partial charge in [0, 0.05) is 12.6 Å². The molecule has 1 aliphatic rings. The van der Waals surface area contributed by atoms with E-state index in [4.69, 9.17) is 23.2 Å². The van der Waals surface area contributed by atoms with Crippen LogP contribution in [0.3, 0.4) is 0 Å². The number of hydrogen-bond acceptors (Lipinski definition) is 5. The number of amides is 2. The number of thiophene rings is 1. The van der Waals surface area contributed by atoms with Crippen LogP contribution in [-0.2, 0) is 16.4 Å². The third-order valence-corrected chi connectivity index (χ3v) is 7.71. The first-order valence-electron chi connectivity index (χ1n) is 7.82. The summed E-state index contributed by atoms with van der Waals surface area (Å²) in [6.07, 6.45) is 3.76. The Morgan fingerprint density at radius 2 is 2.19 bits per heavy atom. The van der Waals surface area contributed by atoms with E-state index in [-0.39, 0.29) is 20.1 Å². The molecule has 0 aliphatic heterocycles. The van der Waals surface area contributed by atoms with E-state index in [1.54, 1.807) is 6.20 Å². The number of aromatic nitrogens is 2. The van der Waals surface area contributed by atoms with Crippen molar-refractivity contribution >= 4 is 56.2 Å². The van der Waals surface area contributed by atoms with Crippen LogP contribution in [-0.4, -0.2) is 43.1 Å². The number of fused-ring (bicyclic) bond motifs is 1. The van der Waals surface area contributed by atoms with E-state index in [9.17, 15) is 17.6 Å². The molecule has 2 heterocycles. The highest BCUT2D eigenvalue weighted by Crippen LogP contribution is 2.34. The summed E-state index contributed by atoms with van der Waals surface area (Å²) in [4.78, 5) is 13.1. The number of halogens is 3. The number of rotatable bonds is 4. The van der Waals surface area contributed by atoms with Crippen molar-refractivity contribution in [2.45, 2.75) is 23.5 Å². The quantitative estimate of drug-likeness (QED) is 0.736. The zero-order chi connectivity index (χ0) is 19.8. The lowest BCUT2D eigenvalue weighted by Crippen LogP contribution is -2.41. The third kappa shape index (κ3) is 4.29. The molecule has 0 spiro atoms. The standard InChI is InChI=1S/C15H15Cl2FN4O3S2/c1-22(7-11(18)9-4-2-3-8-6-19-20-13(8)9)15(23)21-27(24,25)12-5-10(16)14(17)26-12/h5-6H,2-4,7H2,1H3,(H,19,20)(H,21,23)/b11-9-. The number of nitrogens with zero attached hydrogens (tertiary/aromatic N) is 2. The van der Waals surface area contributed by atoms with Crippen molar-refractivity contribution in [1.29, 1.82) is 0 Å². The van der Waals surface area contributed by atoms with Crippen LogP contribution in [0.5, 0.6) is 0 Å². The van der Waals surface area contributed by atoms with E-state index in [0.29, 0.717) is 17.7 Å². The van der Waals surface area contributed by atoms with Gasteiger partial charge in [0.05, 0.1) is 23.5 Å². The molecule has 2 N–H and O–H groups in total. The average molecular weight is 453 g/mol. The van der Waals surface area contributed by atoms with Gasteiger partial charge in [-0.15, -0.1) is 11.3 Å². The van der Waals surface area contributed by atoms with Crippen LogP contribution >= 0.6 is 34.5 Å². The Kier molecular flexibility index (Phi) is 5.80. The molecular weight excluding hydrogens is 438 g/mol. The highest BCUT2D eigenvalue weighted by molar-refractivity contribution is 7.92. The van der Waals surface area contributed by atoms with E-state index in [2.05, 4.69) is 10.2 Å². The van der Waals surface area contributed by atoms with Crippen LogP contribution in [0.1, 0.15) is 24.1 Å². The van der Waals surface area contributed by atoms with E-state index < -0.39 is 21.9 Å². The van der Waals surface area contributed by atoms with Gasteiger partial charge >= 0.3 is 6.03 Å². The molecule has 27 heavy (non-hydrogen) atoms. The number of H-pyrrole nitrogens is 1. The van der Waals surface area contributed by atoms with Crippen molar-refractivity contribution < 1.29 is 17.6 Å². The Morgan fingerprint density at radius 3 is 2.85 bits per heavy atom. The topological polar surface area (TPSA) is 95.2 Å². The molecule has 0 unspecified atom stereocenters. The molecule has 12 heteroatoms. The van der Waals surface area contributed by atoms with Gasteiger partial charge in [-0.05, 0) is 30.9 Å².